The first kappa shape index (κ1) is 11.6. The molecule has 1 rings (SSSR count). The highest BCUT2D eigenvalue weighted by molar-refractivity contribution is 5.95. The van der Waals surface area contributed by atoms with E-state index in [1.807, 2.05) is 6.07 Å². The molecule has 3 nitrogen and oxygen atoms in total. The van der Waals surface area contributed by atoms with Crippen LogP contribution in [0.1, 0.15) is 36.7 Å². The molecule has 0 aliphatic heterocycles. The average molecular weight is 206 g/mol. The van der Waals surface area contributed by atoms with Gasteiger partial charge in [-0.3, -0.25) is 4.79 Å². The number of carbonyl (C=O) groups is 1. The van der Waals surface area contributed by atoms with Crippen LogP contribution in [0.25, 0.3) is 0 Å². The average Bonchev–Trinajstić information content (AvgIpc) is 2.14. The Morgan fingerprint density at radius 2 is 1.93 bits per heavy atom. The first-order valence-corrected chi connectivity index (χ1v) is 4.98. The summed E-state index contributed by atoms with van der Waals surface area (Å²) in [6, 6.07) is 5.44. The fourth-order valence-corrected chi connectivity index (χ4v) is 1.53. The van der Waals surface area contributed by atoms with Gasteiger partial charge in [0.15, 0.2) is 0 Å². The summed E-state index contributed by atoms with van der Waals surface area (Å²) >= 11 is 0. The minimum Gasteiger partial charge on any atom is -0.398 e. The van der Waals surface area contributed by atoms with E-state index in [1.54, 1.807) is 19.2 Å². The van der Waals surface area contributed by atoms with E-state index in [4.69, 9.17) is 5.73 Å². The predicted octanol–water partition coefficient (Wildman–Crippen LogP) is 1.93. The van der Waals surface area contributed by atoms with Gasteiger partial charge in [-0.05, 0) is 23.1 Å². The molecule has 0 atom stereocenters. The second-order valence-corrected chi connectivity index (χ2v) is 4.63. The minimum absolute atomic E-state index is 0.00526. The molecule has 3 N–H and O–H groups in total. The van der Waals surface area contributed by atoms with E-state index in [2.05, 4.69) is 26.1 Å². The zero-order chi connectivity index (χ0) is 11.6. The summed E-state index contributed by atoms with van der Waals surface area (Å²) in [4.78, 5) is 11.4. The third kappa shape index (κ3) is 2.49. The molecule has 0 radical (unpaired) electrons. The molecule has 1 aromatic carbocycles. The van der Waals surface area contributed by atoms with Gasteiger partial charge < -0.3 is 11.1 Å². The normalized spacial score (nSPS) is 11.2. The van der Waals surface area contributed by atoms with E-state index in [1.165, 1.54) is 0 Å². The Labute approximate surface area is 90.7 Å². The van der Waals surface area contributed by atoms with Crippen LogP contribution in [0.2, 0.25) is 0 Å². The molecule has 82 valence electrons. The van der Waals surface area contributed by atoms with Crippen molar-refractivity contribution in [3.63, 3.8) is 0 Å². The number of nitrogens with two attached hydrogens (primary N) is 1. The van der Waals surface area contributed by atoms with E-state index >= 15 is 0 Å². The first-order valence-electron chi connectivity index (χ1n) is 4.98. The molecule has 0 aliphatic carbocycles. The van der Waals surface area contributed by atoms with Gasteiger partial charge in [-0.1, -0.05) is 26.8 Å². The lowest BCUT2D eigenvalue weighted by Crippen LogP contribution is -2.19. The Morgan fingerprint density at radius 3 is 2.33 bits per heavy atom. The monoisotopic (exact) mass is 206 g/mol. The van der Waals surface area contributed by atoms with Crippen LogP contribution < -0.4 is 11.1 Å². The molecule has 0 aliphatic rings. The van der Waals surface area contributed by atoms with Crippen molar-refractivity contribution in [2.24, 2.45) is 0 Å². The number of anilines is 1. The SMILES string of the molecule is CNC(=O)c1ccc(C(C)(C)C)c(N)c1. The Bertz CT molecular complexity index is 378. The van der Waals surface area contributed by atoms with Gasteiger partial charge >= 0.3 is 0 Å². The Balaban J connectivity index is 3.15. The van der Waals surface area contributed by atoms with Crippen molar-refractivity contribution in [3.05, 3.63) is 29.3 Å². The van der Waals surface area contributed by atoms with Crippen molar-refractivity contribution in [2.75, 3.05) is 12.8 Å². The summed E-state index contributed by atoms with van der Waals surface area (Å²) in [5.74, 6) is -0.109. The predicted molar refractivity (Wildman–Crippen MR) is 62.9 cm³/mol. The molecule has 3 heteroatoms. The maximum Gasteiger partial charge on any atom is 0.251 e. The van der Waals surface area contributed by atoms with Crippen molar-refractivity contribution in [1.82, 2.24) is 5.32 Å². The van der Waals surface area contributed by atoms with Gasteiger partial charge in [0.2, 0.25) is 0 Å². The number of carbonyl (C=O) groups excluding carboxylic acids is 1. The highest BCUT2D eigenvalue weighted by Crippen LogP contribution is 2.28. The molecule has 0 heterocycles. The van der Waals surface area contributed by atoms with E-state index in [0.717, 1.165) is 5.56 Å². The first-order chi connectivity index (χ1) is 6.86. The summed E-state index contributed by atoms with van der Waals surface area (Å²) in [7, 11) is 1.61. The number of nitrogen functional groups attached to an aromatic ring is 1. The van der Waals surface area contributed by atoms with Crippen LogP contribution in [0, 0.1) is 0 Å². The summed E-state index contributed by atoms with van der Waals surface area (Å²) in [6.45, 7) is 6.29. The number of benzene rings is 1. The van der Waals surface area contributed by atoms with Crippen LogP contribution in [-0.4, -0.2) is 13.0 Å². The standard InChI is InChI=1S/C12H18N2O/c1-12(2,3)9-6-5-8(7-10(9)13)11(15)14-4/h5-7H,13H2,1-4H3,(H,14,15). The number of hydrogen-bond acceptors (Lipinski definition) is 2. The van der Waals surface area contributed by atoms with Gasteiger partial charge in [-0.15, -0.1) is 0 Å². The molecule has 1 aromatic rings. The lowest BCUT2D eigenvalue weighted by Gasteiger charge is -2.21. The second-order valence-electron chi connectivity index (χ2n) is 4.63. The van der Waals surface area contributed by atoms with Gasteiger partial charge in [-0.25, -0.2) is 0 Å². The molecule has 0 saturated carbocycles. The lowest BCUT2D eigenvalue weighted by atomic mass is 9.85. The third-order valence-corrected chi connectivity index (χ3v) is 2.35. The van der Waals surface area contributed by atoms with Crippen LogP contribution >= 0.6 is 0 Å². The van der Waals surface area contributed by atoms with Crippen molar-refractivity contribution in [2.45, 2.75) is 26.2 Å². The maximum atomic E-state index is 11.4. The summed E-state index contributed by atoms with van der Waals surface area (Å²) in [5.41, 5.74) is 8.26. The molecule has 1 amide bonds. The maximum absolute atomic E-state index is 11.4. The topological polar surface area (TPSA) is 55.1 Å². The van der Waals surface area contributed by atoms with Crippen LogP contribution in [0.3, 0.4) is 0 Å². The second kappa shape index (κ2) is 3.93. The fraction of sp³-hybridized carbons (Fsp3) is 0.417. The van der Waals surface area contributed by atoms with Crippen LogP contribution in [0.4, 0.5) is 5.69 Å². The molecule has 0 bridgehead atoms. The zero-order valence-corrected chi connectivity index (χ0v) is 9.72. The molecular formula is C12H18N2O. The van der Waals surface area contributed by atoms with E-state index < -0.39 is 0 Å². The van der Waals surface area contributed by atoms with Crippen molar-refractivity contribution < 1.29 is 4.79 Å². The van der Waals surface area contributed by atoms with Crippen molar-refractivity contribution in [3.8, 4) is 0 Å². The van der Waals surface area contributed by atoms with Gasteiger partial charge in [0.05, 0.1) is 0 Å². The molecule has 0 unspecified atom stereocenters. The van der Waals surface area contributed by atoms with Gasteiger partial charge in [0.1, 0.15) is 0 Å². The Hall–Kier alpha value is -1.51. The van der Waals surface area contributed by atoms with Gasteiger partial charge in [0.25, 0.3) is 5.91 Å². The van der Waals surface area contributed by atoms with E-state index in [0.29, 0.717) is 11.3 Å². The molecule has 0 fully saturated rings. The number of amides is 1. The quantitative estimate of drug-likeness (QED) is 0.690. The van der Waals surface area contributed by atoms with E-state index in [-0.39, 0.29) is 11.3 Å². The number of rotatable bonds is 1. The van der Waals surface area contributed by atoms with Crippen LogP contribution in [0.5, 0.6) is 0 Å². The minimum atomic E-state index is -0.109. The van der Waals surface area contributed by atoms with Gasteiger partial charge in [0, 0.05) is 18.3 Å². The number of nitrogens with one attached hydrogen (secondary N) is 1. The molecule has 0 saturated heterocycles. The largest absolute Gasteiger partial charge is 0.398 e. The molecule has 0 spiro atoms. The zero-order valence-electron chi connectivity index (χ0n) is 9.72. The summed E-state index contributed by atoms with van der Waals surface area (Å²) in [6.07, 6.45) is 0. The summed E-state index contributed by atoms with van der Waals surface area (Å²) < 4.78 is 0. The molecule has 15 heavy (non-hydrogen) atoms. The highest BCUT2D eigenvalue weighted by Gasteiger charge is 2.17. The van der Waals surface area contributed by atoms with Crippen LogP contribution in [0.15, 0.2) is 18.2 Å². The smallest absolute Gasteiger partial charge is 0.251 e. The van der Waals surface area contributed by atoms with E-state index in [9.17, 15) is 4.79 Å². The van der Waals surface area contributed by atoms with Crippen LogP contribution in [-0.2, 0) is 5.41 Å². The van der Waals surface area contributed by atoms with Crippen molar-refractivity contribution in [1.29, 1.82) is 0 Å². The molecule has 0 aromatic heterocycles. The summed E-state index contributed by atoms with van der Waals surface area (Å²) in [5, 5.41) is 2.57. The lowest BCUT2D eigenvalue weighted by molar-refractivity contribution is 0.0963. The molecular weight excluding hydrogens is 188 g/mol. The Kier molecular flexibility index (Phi) is 3.03. The Morgan fingerprint density at radius 1 is 1.33 bits per heavy atom. The third-order valence-electron chi connectivity index (χ3n) is 2.35. The highest BCUT2D eigenvalue weighted by atomic mass is 16.1. The van der Waals surface area contributed by atoms with Gasteiger partial charge in [-0.2, -0.15) is 0 Å². The fourth-order valence-electron chi connectivity index (χ4n) is 1.53. The number of hydrogen-bond donors (Lipinski definition) is 2. The van der Waals surface area contributed by atoms with Crippen molar-refractivity contribution >= 4 is 11.6 Å².